The van der Waals surface area contributed by atoms with Gasteiger partial charge in [-0.2, -0.15) is 0 Å². The molecule has 4 aliphatic heterocycles. The summed E-state index contributed by atoms with van der Waals surface area (Å²) in [5.41, 5.74) is 1.26. The van der Waals surface area contributed by atoms with E-state index in [0.29, 0.717) is 12.1 Å². The van der Waals surface area contributed by atoms with E-state index in [1.165, 1.54) is 6.07 Å². The Morgan fingerprint density at radius 3 is 2.90 bits per heavy atom. The molecule has 1 aromatic carbocycles. The molecule has 6 rings (SSSR count). The number of phenols is 2. The summed E-state index contributed by atoms with van der Waals surface area (Å²) in [7, 11) is 0. The van der Waals surface area contributed by atoms with Gasteiger partial charge in [-0.05, 0) is 24.1 Å². The average Bonchev–Trinajstić information content (AvgIpc) is 2.60. The van der Waals surface area contributed by atoms with Crippen molar-refractivity contribution in [2.24, 2.45) is 0 Å². The molecule has 2 unspecified atom stereocenters. The Hall–Kier alpha value is -1.56. The number of rotatable bonds is 0. The average molecular weight is 273 g/mol. The summed E-state index contributed by atoms with van der Waals surface area (Å²) in [5, 5.41) is 30.2. The Labute approximate surface area is 115 Å². The monoisotopic (exact) mass is 273 g/mol. The predicted octanol–water partition coefficient (Wildman–Crippen LogP) is 0.752. The van der Waals surface area contributed by atoms with Crippen LogP contribution in [-0.2, 0) is 10.2 Å². The largest absolute Gasteiger partial charge is 0.504 e. The molecule has 5 heteroatoms. The number of fused-ring (bicyclic) bond motifs is 1. The Morgan fingerprint density at radius 2 is 2.05 bits per heavy atom. The number of ether oxygens (including phenoxy) is 1. The second-order valence-electron chi connectivity index (χ2n) is 6.21. The van der Waals surface area contributed by atoms with Crippen LogP contribution in [0.3, 0.4) is 0 Å². The quantitative estimate of drug-likeness (QED) is 0.480. The van der Waals surface area contributed by atoms with Gasteiger partial charge in [0.05, 0.1) is 17.6 Å². The zero-order valence-corrected chi connectivity index (χ0v) is 10.7. The van der Waals surface area contributed by atoms with Crippen molar-refractivity contribution in [1.82, 2.24) is 4.90 Å². The number of aliphatic hydroxyl groups excluding tert-OH is 1. The van der Waals surface area contributed by atoms with Gasteiger partial charge in [0.25, 0.3) is 0 Å². The van der Waals surface area contributed by atoms with Crippen molar-refractivity contribution in [2.75, 3.05) is 6.54 Å². The number of benzene rings is 1. The highest BCUT2D eigenvalue weighted by molar-refractivity contribution is 5.56. The van der Waals surface area contributed by atoms with E-state index in [9.17, 15) is 15.3 Å². The van der Waals surface area contributed by atoms with Gasteiger partial charge in [0.2, 0.25) is 0 Å². The molecule has 20 heavy (non-hydrogen) atoms. The van der Waals surface area contributed by atoms with Gasteiger partial charge in [-0.3, -0.25) is 4.90 Å². The van der Waals surface area contributed by atoms with Crippen LogP contribution in [0, 0.1) is 0 Å². The number of hydrogen-bond acceptors (Lipinski definition) is 5. The lowest BCUT2D eigenvalue weighted by Gasteiger charge is -2.52. The van der Waals surface area contributed by atoms with Crippen LogP contribution in [-0.4, -0.2) is 45.0 Å². The Bertz CT molecular complexity index is 658. The zero-order chi connectivity index (χ0) is 13.6. The highest BCUT2D eigenvalue weighted by Gasteiger charge is 2.65. The standard InChI is InChI=1S/C15H15NO4/c17-10-4-8-9(5-11(10)18)15-2-1-7-3-12(15)16(14(8)19)6-13(15)20-7/h1-2,4-5,7,12-14,17-19H,3,6H2/t7-,12-,13+,14?,15-/m0/s1. The minimum absolute atomic E-state index is 0.0103. The summed E-state index contributed by atoms with van der Waals surface area (Å²) < 4.78 is 6.07. The number of nitrogens with zero attached hydrogens (tertiary/aromatic N) is 1. The first-order valence-electron chi connectivity index (χ1n) is 6.96. The molecular weight excluding hydrogens is 258 g/mol. The van der Waals surface area contributed by atoms with E-state index in [0.717, 1.165) is 12.0 Å². The Kier molecular flexibility index (Phi) is 1.78. The van der Waals surface area contributed by atoms with Crippen LogP contribution >= 0.6 is 0 Å². The van der Waals surface area contributed by atoms with Gasteiger partial charge in [-0.15, -0.1) is 0 Å². The van der Waals surface area contributed by atoms with Crippen LogP contribution in [0.2, 0.25) is 0 Å². The van der Waals surface area contributed by atoms with Gasteiger partial charge in [0, 0.05) is 18.2 Å². The van der Waals surface area contributed by atoms with Crippen molar-refractivity contribution < 1.29 is 20.1 Å². The fraction of sp³-hybridized carbons (Fsp3) is 0.467. The molecule has 104 valence electrons. The van der Waals surface area contributed by atoms with Crippen LogP contribution in [0.5, 0.6) is 11.5 Å². The Morgan fingerprint density at radius 1 is 1.25 bits per heavy atom. The first-order chi connectivity index (χ1) is 9.61. The summed E-state index contributed by atoms with van der Waals surface area (Å²) in [6.07, 6.45) is 4.54. The van der Waals surface area contributed by atoms with Gasteiger partial charge in [-0.1, -0.05) is 12.2 Å². The maximum Gasteiger partial charge on any atom is 0.157 e. The minimum Gasteiger partial charge on any atom is -0.504 e. The predicted molar refractivity (Wildman–Crippen MR) is 69.3 cm³/mol. The SMILES string of the molecule is Oc1cc2c(cc1O)[C@@]13C=C[C@H]4C[C@@H]1N(C[C@H]3O4)C2O. The van der Waals surface area contributed by atoms with E-state index in [1.807, 2.05) is 0 Å². The summed E-state index contributed by atoms with van der Waals surface area (Å²) in [6, 6.07) is 3.28. The molecule has 6 atom stereocenters. The molecule has 0 amide bonds. The van der Waals surface area contributed by atoms with Gasteiger partial charge in [0.1, 0.15) is 6.23 Å². The number of hydrogen-bond donors (Lipinski definition) is 3. The number of aromatic hydroxyl groups is 2. The molecule has 3 N–H and O–H groups in total. The highest BCUT2D eigenvalue weighted by atomic mass is 16.5. The molecule has 2 fully saturated rings. The fourth-order valence-corrected chi connectivity index (χ4v) is 4.61. The maximum atomic E-state index is 10.6. The van der Waals surface area contributed by atoms with Gasteiger partial charge < -0.3 is 20.1 Å². The van der Waals surface area contributed by atoms with E-state index < -0.39 is 6.23 Å². The molecule has 4 heterocycles. The molecule has 0 aromatic heterocycles. The number of aliphatic hydroxyl groups is 1. The fourth-order valence-electron chi connectivity index (χ4n) is 4.61. The lowest BCUT2D eigenvalue weighted by molar-refractivity contribution is -0.0715. The van der Waals surface area contributed by atoms with Crippen molar-refractivity contribution in [3.05, 3.63) is 35.4 Å². The van der Waals surface area contributed by atoms with Gasteiger partial charge >= 0.3 is 0 Å². The molecule has 2 saturated heterocycles. The second-order valence-corrected chi connectivity index (χ2v) is 6.21. The van der Waals surface area contributed by atoms with Crippen molar-refractivity contribution >= 4 is 0 Å². The molecular formula is C15H15NO4. The van der Waals surface area contributed by atoms with Crippen molar-refractivity contribution in [1.29, 1.82) is 0 Å². The summed E-state index contributed by atoms with van der Waals surface area (Å²) in [5.74, 6) is -0.329. The van der Waals surface area contributed by atoms with Crippen LogP contribution in [0.1, 0.15) is 23.8 Å². The smallest absolute Gasteiger partial charge is 0.157 e. The lowest BCUT2D eigenvalue weighted by Crippen LogP contribution is -2.58. The third kappa shape index (κ3) is 1.01. The number of phenolic OH excluding ortho intramolecular Hbond substituents is 2. The molecule has 0 radical (unpaired) electrons. The maximum absolute atomic E-state index is 10.6. The molecule has 1 aromatic rings. The zero-order valence-electron chi connectivity index (χ0n) is 10.7. The van der Waals surface area contributed by atoms with Crippen LogP contribution in [0.25, 0.3) is 0 Å². The minimum atomic E-state index is -0.742. The van der Waals surface area contributed by atoms with Crippen molar-refractivity contribution in [3.8, 4) is 11.5 Å². The molecule has 1 spiro atoms. The van der Waals surface area contributed by atoms with Crippen molar-refractivity contribution in [3.63, 3.8) is 0 Å². The first kappa shape index (κ1) is 11.1. The van der Waals surface area contributed by atoms with E-state index in [1.54, 1.807) is 6.07 Å². The molecule has 5 aliphatic rings. The van der Waals surface area contributed by atoms with E-state index >= 15 is 0 Å². The van der Waals surface area contributed by atoms with Crippen LogP contribution in [0.15, 0.2) is 24.3 Å². The summed E-state index contributed by atoms with van der Waals surface area (Å²) >= 11 is 0. The Balaban J connectivity index is 1.85. The molecule has 0 saturated carbocycles. The lowest BCUT2D eigenvalue weighted by atomic mass is 9.63. The first-order valence-corrected chi connectivity index (χ1v) is 6.96. The van der Waals surface area contributed by atoms with Gasteiger partial charge in [0.15, 0.2) is 11.5 Å². The molecule has 5 bridgehead atoms. The third-order valence-electron chi connectivity index (χ3n) is 5.45. The van der Waals surface area contributed by atoms with E-state index in [-0.39, 0.29) is 35.2 Å². The van der Waals surface area contributed by atoms with Crippen molar-refractivity contribution in [2.45, 2.75) is 36.3 Å². The van der Waals surface area contributed by atoms with Crippen LogP contribution < -0.4 is 0 Å². The second kappa shape index (κ2) is 3.19. The highest BCUT2D eigenvalue weighted by Crippen LogP contribution is 2.59. The summed E-state index contributed by atoms with van der Waals surface area (Å²) in [6.45, 7) is 0.683. The van der Waals surface area contributed by atoms with Crippen LogP contribution in [0.4, 0.5) is 0 Å². The van der Waals surface area contributed by atoms with Gasteiger partial charge in [-0.25, -0.2) is 0 Å². The topological polar surface area (TPSA) is 73.2 Å². The third-order valence-corrected chi connectivity index (χ3v) is 5.45. The normalized spacial score (nSPS) is 46.5. The molecule has 1 aliphatic carbocycles. The summed E-state index contributed by atoms with van der Waals surface area (Å²) in [4.78, 5) is 2.06. The van der Waals surface area contributed by atoms with E-state index in [2.05, 4.69) is 17.1 Å². The van der Waals surface area contributed by atoms with E-state index in [4.69, 9.17) is 4.74 Å². The molecule has 5 nitrogen and oxygen atoms in total.